The third-order valence-corrected chi connectivity index (χ3v) is 7.18. The Morgan fingerprint density at radius 1 is 1.05 bits per heavy atom. The summed E-state index contributed by atoms with van der Waals surface area (Å²) < 4.78 is 0. The van der Waals surface area contributed by atoms with E-state index in [1.165, 1.54) is 0 Å². The molecule has 1 amide bonds. The fourth-order valence-electron chi connectivity index (χ4n) is 4.89. The predicted molar refractivity (Wildman–Crippen MR) is 149 cm³/mol. The van der Waals surface area contributed by atoms with Crippen LogP contribution in [-0.2, 0) is 6.54 Å². The Labute approximate surface area is 225 Å². The average Bonchev–Trinajstić information content (AvgIpc) is 3.38. The number of nitrogens with one attached hydrogen (secondary N) is 2. The summed E-state index contributed by atoms with van der Waals surface area (Å²) in [5.74, 6) is 0.510. The van der Waals surface area contributed by atoms with Crippen LogP contribution in [0.2, 0.25) is 5.02 Å². The van der Waals surface area contributed by atoms with Crippen molar-refractivity contribution < 1.29 is 4.79 Å². The molecule has 0 radical (unpaired) electrons. The van der Waals surface area contributed by atoms with Crippen LogP contribution in [0.25, 0.3) is 11.3 Å². The molecular weight excluding hydrogens is 498 g/mol. The van der Waals surface area contributed by atoms with Gasteiger partial charge in [-0.2, -0.15) is 0 Å². The molecule has 0 saturated carbocycles. The molecule has 0 unspecified atom stereocenters. The highest BCUT2D eigenvalue weighted by molar-refractivity contribution is 6.31. The maximum Gasteiger partial charge on any atom is 0.253 e. The highest BCUT2D eigenvalue weighted by Crippen LogP contribution is 2.33. The molecule has 4 aromatic rings. The van der Waals surface area contributed by atoms with Crippen LogP contribution in [0.5, 0.6) is 0 Å². The Morgan fingerprint density at radius 2 is 1.92 bits per heavy atom. The number of aliphatic imine (C=N–C) groups is 1. The lowest BCUT2D eigenvalue weighted by molar-refractivity contribution is 0.0789. The van der Waals surface area contributed by atoms with E-state index >= 15 is 0 Å². The van der Waals surface area contributed by atoms with Crippen molar-refractivity contribution in [3.05, 3.63) is 100 Å². The second kappa shape index (κ2) is 10.3. The van der Waals surface area contributed by atoms with Gasteiger partial charge in [0.05, 0.1) is 23.6 Å². The first-order chi connectivity index (χ1) is 18.6. The summed E-state index contributed by atoms with van der Waals surface area (Å²) >= 11 is 6.39. The van der Waals surface area contributed by atoms with Crippen molar-refractivity contribution in [3.8, 4) is 11.3 Å². The number of likely N-dealkylation sites (N-methyl/N-ethyl adjacent to an activating group) is 1. The summed E-state index contributed by atoms with van der Waals surface area (Å²) in [7, 11) is 1.93. The van der Waals surface area contributed by atoms with Crippen molar-refractivity contribution in [3.63, 3.8) is 0 Å². The molecule has 0 aliphatic carbocycles. The van der Waals surface area contributed by atoms with Crippen LogP contribution in [0.1, 0.15) is 33.6 Å². The summed E-state index contributed by atoms with van der Waals surface area (Å²) in [5.41, 5.74) is 6.52. The Morgan fingerprint density at radius 3 is 2.68 bits per heavy atom. The van der Waals surface area contributed by atoms with Gasteiger partial charge in [0.25, 0.3) is 5.91 Å². The minimum atomic E-state index is 0.0505. The number of amides is 1. The van der Waals surface area contributed by atoms with Gasteiger partial charge in [0.15, 0.2) is 0 Å². The van der Waals surface area contributed by atoms with Gasteiger partial charge in [0, 0.05) is 64.5 Å². The van der Waals surface area contributed by atoms with E-state index in [0.29, 0.717) is 29.1 Å². The molecule has 1 atom stereocenters. The highest BCUT2D eigenvalue weighted by atomic mass is 35.5. The number of fused-ring (bicyclic) bond motifs is 3. The van der Waals surface area contributed by atoms with E-state index in [0.717, 1.165) is 59.0 Å². The van der Waals surface area contributed by atoms with Gasteiger partial charge in [-0.05, 0) is 62.0 Å². The molecule has 8 nitrogen and oxygen atoms in total. The number of benzene rings is 2. The molecule has 4 heterocycles. The molecule has 0 bridgehead atoms. The van der Waals surface area contributed by atoms with Crippen molar-refractivity contribution >= 4 is 34.9 Å². The van der Waals surface area contributed by atoms with E-state index in [1.54, 1.807) is 12.4 Å². The first-order valence-electron chi connectivity index (χ1n) is 12.5. The SMILES string of the molecule is CN[C@H]1CCN(C(=O)c2ccc(Nc3ncc4c(n3)-c3ccc(Cl)cc3C(c3ccccn3)=NC4)cc2)C1. The molecule has 2 aromatic heterocycles. The summed E-state index contributed by atoms with van der Waals surface area (Å²) in [5, 5.41) is 7.14. The van der Waals surface area contributed by atoms with Crippen molar-refractivity contribution in [2.75, 3.05) is 25.5 Å². The summed E-state index contributed by atoms with van der Waals surface area (Å²) in [6.45, 7) is 1.93. The number of hydrogen-bond acceptors (Lipinski definition) is 7. The number of nitrogens with zero attached hydrogens (tertiary/aromatic N) is 5. The molecule has 1 saturated heterocycles. The molecule has 2 aliphatic rings. The van der Waals surface area contributed by atoms with Gasteiger partial charge in [0.1, 0.15) is 0 Å². The van der Waals surface area contributed by atoms with E-state index in [4.69, 9.17) is 21.6 Å². The van der Waals surface area contributed by atoms with Crippen LogP contribution in [-0.4, -0.2) is 57.6 Å². The predicted octanol–water partition coefficient (Wildman–Crippen LogP) is 4.72. The Hall–Kier alpha value is -4.14. The quantitative estimate of drug-likeness (QED) is 0.393. The molecule has 2 aliphatic heterocycles. The van der Waals surface area contributed by atoms with E-state index < -0.39 is 0 Å². The number of hydrogen-bond donors (Lipinski definition) is 2. The second-order valence-corrected chi connectivity index (χ2v) is 9.80. The minimum absolute atomic E-state index is 0.0505. The van der Waals surface area contributed by atoms with E-state index in [9.17, 15) is 4.79 Å². The van der Waals surface area contributed by atoms with Crippen LogP contribution in [0.4, 0.5) is 11.6 Å². The normalized spacial score (nSPS) is 16.3. The third kappa shape index (κ3) is 4.76. The molecule has 2 aromatic carbocycles. The number of aromatic nitrogens is 3. The second-order valence-electron chi connectivity index (χ2n) is 9.36. The number of carbonyl (C=O) groups excluding carboxylic acids is 1. The fourth-order valence-corrected chi connectivity index (χ4v) is 5.07. The van der Waals surface area contributed by atoms with Crippen molar-refractivity contribution in [1.29, 1.82) is 0 Å². The molecule has 1 fully saturated rings. The number of pyridine rings is 1. The molecule has 38 heavy (non-hydrogen) atoms. The number of halogens is 1. The van der Waals surface area contributed by atoms with Gasteiger partial charge in [-0.25, -0.2) is 9.97 Å². The van der Waals surface area contributed by atoms with Crippen LogP contribution in [0, 0.1) is 0 Å². The van der Waals surface area contributed by atoms with E-state index in [2.05, 4.69) is 20.6 Å². The number of carbonyl (C=O) groups is 1. The lowest BCUT2D eigenvalue weighted by Crippen LogP contribution is -2.33. The summed E-state index contributed by atoms with van der Waals surface area (Å²) in [4.78, 5) is 33.5. The van der Waals surface area contributed by atoms with Gasteiger partial charge in [0.2, 0.25) is 5.95 Å². The zero-order valence-electron chi connectivity index (χ0n) is 20.9. The lowest BCUT2D eigenvalue weighted by Gasteiger charge is -2.17. The average molecular weight is 524 g/mol. The van der Waals surface area contributed by atoms with Gasteiger partial charge in [-0.15, -0.1) is 0 Å². The molecule has 6 rings (SSSR count). The number of likely N-dealkylation sites (tertiary alicyclic amines) is 1. The summed E-state index contributed by atoms with van der Waals surface area (Å²) in [6.07, 6.45) is 4.53. The van der Waals surface area contributed by atoms with Crippen molar-refractivity contribution in [1.82, 2.24) is 25.2 Å². The molecule has 190 valence electrons. The molecule has 2 N–H and O–H groups in total. The van der Waals surface area contributed by atoms with Gasteiger partial charge >= 0.3 is 0 Å². The maximum absolute atomic E-state index is 12.9. The Bertz CT molecular complexity index is 1520. The first-order valence-corrected chi connectivity index (χ1v) is 12.9. The van der Waals surface area contributed by atoms with Gasteiger partial charge in [-0.3, -0.25) is 14.8 Å². The van der Waals surface area contributed by atoms with Crippen molar-refractivity contribution in [2.24, 2.45) is 4.99 Å². The van der Waals surface area contributed by atoms with Gasteiger partial charge in [-0.1, -0.05) is 23.7 Å². The monoisotopic (exact) mass is 523 g/mol. The standard InChI is InChI=1S/C29H26ClN7O/c1-31-22-11-13-37(17-22)28(38)18-5-8-21(9-6-18)35-29-34-16-19-15-33-27(25-4-2-3-12-32-25)24-14-20(30)7-10-23(24)26(19)36-29/h2-10,12,14,16,22,31H,11,13,15,17H2,1H3,(H,34,35,36)/t22-/m0/s1. The molecule has 9 heteroatoms. The third-order valence-electron chi connectivity index (χ3n) is 6.94. The van der Waals surface area contributed by atoms with Gasteiger partial charge < -0.3 is 15.5 Å². The van der Waals surface area contributed by atoms with Crippen LogP contribution < -0.4 is 10.6 Å². The van der Waals surface area contributed by atoms with E-state index in [1.807, 2.05) is 72.6 Å². The maximum atomic E-state index is 12.9. The smallest absolute Gasteiger partial charge is 0.253 e. The zero-order chi connectivity index (χ0) is 26.1. The number of anilines is 2. The zero-order valence-corrected chi connectivity index (χ0v) is 21.6. The topological polar surface area (TPSA) is 95.4 Å². The Balaban J connectivity index is 1.26. The lowest BCUT2D eigenvalue weighted by atomic mass is 9.97. The Kier molecular flexibility index (Phi) is 6.57. The molecular formula is C29H26ClN7O. The minimum Gasteiger partial charge on any atom is -0.337 e. The van der Waals surface area contributed by atoms with Crippen LogP contribution in [0.3, 0.4) is 0 Å². The first kappa shape index (κ1) is 24.2. The fraction of sp³-hybridized carbons (Fsp3) is 0.207. The largest absolute Gasteiger partial charge is 0.337 e. The van der Waals surface area contributed by atoms with Crippen molar-refractivity contribution in [2.45, 2.75) is 19.0 Å². The molecule has 0 spiro atoms. The summed E-state index contributed by atoms with van der Waals surface area (Å²) in [6, 6.07) is 19.3. The van der Waals surface area contributed by atoms with Crippen LogP contribution >= 0.6 is 11.6 Å². The van der Waals surface area contributed by atoms with Crippen LogP contribution in [0.15, 0.2) is 78.0 Å². The number of rotatable bonds is 5. The highest BCUT2D eigenvalue weighted by Gasteiger charge is 2.26. The van der Waals surface area contributed by atoms with E-state index in [-0.39, 0.29) is 5.91 Å².